The predicted molar refractivity (Wildman–Crippen MR) is 70.5 cm³/mol. The highest BCUT2D eigenvalue weighted by atomic mass is 16.6. The number of piperidine rings is 1. The average molecular weight is 258 g/mol. The zero-order valence-electron chi connectivity index (χ0n) is 11.9. The minimum absolute atomic E-state index is 0.0356. The number of aliphatic hydroxyl groups excluding tert-OH is 1. The van der Waals surface area contributed by atoms with E-state index in [0.29, 0.717) is 6.04 Å². The van der Waals surface area contributed by atoms with Gasteiger partial charge in [0.15, 0.2) is 0 Å². The lowest BCUT2D eigenvalue weighted by Crippen LogP contribution is -2.58. The monoisotopic (exact) mass is 258 g/mol. The number of ether oxygens (including phenoxy) is 1. The van der Waals surface area contributed by atoms with Gasteiger partial charge in [-0.25, -0.2) is 4.79 Å². The average Bonchev–Trinajstić information content (AvgIpc) is 2.28. The second-order valence-corrected chi connectivity index (χ2v) is 5.65. The topological polar surface area (TPSA) is 61.8 Å². The summed E-state index contributed by atoms with van der Waals surface area (Å²) in [6.07, 6.45) is 0.942. The number of amides is 1. The molecule has 0 aromatic heterocycles. The highest BCUT2D eigenvalue weighted by Crippen LogP contribution is 2.23. The summed E-state index contributed by atoms with van der Waals surface area (Å²) in [5, 5.41) is 12.4. The van der Waals surface area contributed by atoms with Crippen LogP contribution in [0.2, 0.25) is 0 Å². The van der Waals surface area contributed by atoms with Gasteiger partial charge in [-0.2, -0.15) is 0 Å². The first-order valence-corrected chi connectivity index (χ1v) is 6.72. The lowest BCUT2D eigenvalue weighted by molar-refractivity contribution is 0.0501. The Morgan fingerprint density at radius 1 is 1.33 bits per heavy atom. The van der Waals surface area contributed by atoms with E-state index in [-0.39, 0.29) is 12.7 Å². The number of carbonyl (C=O) groups excluding carboxylic acids is 1. The van der Waals surface area contributed by atoms with Crippen LogP contribution >= 0.6 is 0 Å². The largest absolute Gasteiger partial charge is 0.447 e. The van der Waals surface area contributed by atoms with E-state index in [4.69, 9.17) is 4.74 Å². The first-order valence-electron chi connectivity index (χ1n) is 6.72. The van der Waals surface area contributed by atoms with Crippen LogP contribution in [0.3, 0.4) is 0 Å². The highest BCUT2D eigenvalue weighted by Gasteiger charge is 2.36. The van der Waals surface area contributed by atoms with Crippen LogP contribution in [0.5, 0.6) is 0 Å². The Kier molecular flexibility index (Phi) is 5.41. The number of carbonyl (C=O) groups is 1. The molecule has 0 radical (unpaired) electrons. The molecule has 1 aliphatic heterocycles. The van der Waals surface area contributed by atoms with Crippen molar-refractivity contribution in [1.29, 1.82) is 0 Å². The number of rotatable bonds is 4. The van der Waals surface area contributed by atoms with Crippen LogP contribution in [0.25, 0.3) is 0 Å². The Morgan fingerprint density at radius 2 is 1.89 bits per heavy atom. The summed E-state index contributed by atoms with van der Waals surface area (Å²) in [5.74, 6) is 0. The van der Waals surface area contributed by atoms with E-state index in [9.17, 15) is 9.90 Å². The lowest BCUT2D eigenvalue weighted by Gasteiger charge is -2.42. The van der Waals surface area contributed by atoms with Crippen LogP contribution in [0.4, 0.5) is 4.79 Å². The molecular weight excluding hydrogens is 232 g/mol. The van der Waals surface area contributed by atoms with Crippen LogP contribution in [0, 0.1) is 0 Å². The van der Waals surface area contributed by atoms with Gasteiger partial charge in [0.1, 0.15) is 0 Å². The number of aliphatic hydroxyl groups is 1. The Morgan fingerprint density at radius 3 is 2.28 bits per heavy atom. The van der Waals surface area contributed by atoms with Crippen molar-refractivity contribution in [2.24, 2.45) is 0 Å². The molecule has 1 saturated heterocycles. The molecule has 1 heterocycles. The van der Waals surface area contributed by atoms with E-state index in [2.05, 4.69) is 24.1 Å². The van der Waals surface area contributed by atoms with Crippen LogP contribution in [0.1, 0.15) is 40.5 Å². The van der Waals surface area contributed by atoms with Gasteiger partial charge in [-0.05, 0) is 40.5 Å². The number of hydrogen-bond donors (Lipinski definition) is 2. The smallest absolute Gasteiger partial charge is 0.407 e. The number of alkyl carbamates (subject to hydrolysis) is 1. The molecule has 0 atom stereocenters. The predicted octanol–water partition coefficient (Wildman–Crippen LogP) is 1.36. The molecule has 1 fully saturated rings. The minimum atomic E-state index is -0.517. The van der Waals surface area contributed by atoms with Gasteiger partial charge >= 0.3 is 6.09 Å². The van der Waals surface area contributed by atoms with E-state index in [1.165, 1.54) is 0 Å². The molecule has 2 N–H and O–H groups in total. The van der Waals surface area contributed by atoms with Gasteiger partial charge in [0, 0.05) is 19.1 Å². The zero-order valence-corrected chi connectivity index (χ0v) is 11.9. The van der Waals surface area contributed by atoms with Crippen LogP contribution in [-0.4, -0.2) is 53.5 Å². The molecule has 106 valence electrons. The van der Waals surface area contributed by atoms with Gasteiger partial charge < -0.3 is 20.1 Å². The quantitative estimate of drug-likeness (QED) is 0.799. The molecule has 0 saturated carbocycles. The van der Waals surface area contributed by atoms with Gasteiger partial charge in [-0.15, -0.1) is 0 Å². The normalized spacial score (nSPS) is 20.2. The van der Waals surface area contributed by atoms with Crippen molar-refractivity contribution in [1.82, 2.24) is 10.2 Å². The summed E-state index contributed by atoms with van der Waals surface area (Å²) in [4.78, 5) is 14.0. The number of nitrogens with zero attached hydrogens (tertiary/aromatic N) is 1. The Labute approximate surface area is 109 Å². The van der Waals surface area contributed by atoms with Gasteiger partial charge in [0.05, 0.1) is 18.2 Å². The third-order valence-electron chi connectivity index (χ3n) is 3.50. The van der Waals surface area contributed by atoms with Crippen molar-refractivity contribution >= 4 is 6.09 Å². The Hall–Kier alpha value is -0.810. The van der Waals surface area contributed by atoms with Gasteiger partial charge in [0.2, 0.25) is 0 Å². The fraction of sp³-hybridized carbons (Fsp3) is 0.923. The van der Waals surface area contributed by atoms with E-state index in [1.54, 1.807) is 0 Å². The molecule has 0 spiro atoms. The van der Waals surface area contributed by atoms with E-state index in [1.807, 2.05) is 13.8 Å². The Balaban J connectivity index is 2.53. The van der Waals surface area contributed by atoms with Crippen molar-refractivity contribution in [3.8, 4) is 0 Å². The molecule has 1 amide bonds. The maximum atomic E-state index is 11.6. The lowest BCUT2D eigenvalue weighted by atomic mass is 9.88. The minimum Gasteiger partial charge on any atom is -0.447 e. The molecular formula is C13H26N2O3. The fourth-order valence-corrected chi connectivity index (χ4v) is 2.25. The fourth-order valence-electron chi connectivity index (χ4n) is 2.25. The molecule has 5 heteroatoms. The first-order chi connectivity index (χ1) is 8.38. The molecule has 0 aliphatic carbocycles. The van der Waals surface area contributed by atoms with Crippen molar-refractivity contribution in [3.63, 3.8) is 0 Å². The summed E-state index contributed by atoms with van der Waals surface area (Å²) >= 11 is 0. The van der Waals surface area contributed by atoms with Crippen molar-refractivity contribution in [3.05, 3.63) is 0 Å². The molecule has 18 heavy (non-hydrogen) atoms. The van der Waals surface area contributed by atoms with Crippen molar-refractivity contribution < 1.29 is 14.6 Å². The summed E-state index contributed by atoms with van der Waals surface area (Å²) < 4.78 is 5.08. The van der Waals surface area contributed by atoms with Crippen LogP contribution in [-0.2, 0) is 4.74 Å². The number of nitrogens with one attached hydrogen (secondary N) is 1. The standard InChI is InChI=1S/C13H26N2O3/c1-10(2)15-7-5-13(9-16,6-8-15)14-12(17)18-11(3)4/h10-11,16H,5-9H2,1-4H3,(H,14,17). The van der Waals surface area contributed by atoms with E-state index in [0.717, 1.165) is 25.9 Å². The van der Waals surface area contributed by atoms with Gasteiger partial charge in [-0.3, -0.25) is 0 Å². The summed E-state index contributed by atoms with van der Waals surface area (Å²) in [6.45, 7) is 9.68. The van der Waals surface area contributed by atoms with Gasteiger partial charge in [-0.1, -0.05) is 0 Å². The maximum Gasteiger partial charge on any atom is 0.407 e. The van der Waals surface area contributed by atoms with Crippen LogP contribution < -0.4 is 5.32 Å². The van der Waals surface area contributed by atoms with Crippen molar-refractivity contribution in [2.45, 2.75) is 58.2 Å². The molecule has 0 bridgehead atoms. The molecule has 0 aromatic rings. The second kappa shape index (κ2) is 6.38. The van der Waals surface area contributed by atoms with Gasteiger partial charge in [0.25, 0.3) is 0 Å². The molecule has 1 aliphatic rings. The third-order valence-corrected chi connectivity index (χ3v) is 3.50. The highest BCUT2D eigenvalue weighted by molar-refractivity contribution is 5.68. The maximum absolute atomic E-state index is 11.6. The molecule has 0 unspecified atom stereocenters. The first kappa shape index (κ1) is 15.2. The van der Waals surface area contributed by atoms with E-state index >= 15 is 0 Å². The van der Waals surface area contributed by atoms with Crippen molar-refractivity contribution in [2.75, 3.05) is 19.7 Å². The SMILES string of the molecule is CC(C)OC(=O)NC1(CO)CCN(C(C)C)CC1. The van der Waals surface area contributed by atoms with Crippen LogP contribution in [0.15, 0.2) is 0 Å². The number of likely N-dealkylation sites (tertiary alicyclic amines) is 1. The second-order valence-electron chi connectivity index (χ2n) is 5.65. The number of hydrogen-bond acceptors (Lipinski definition) is 4. The van der Waals surface area contributed by atoms with E-state index < -0.39 is 11.6 Å². The molecule has 0 aromatic carbocycles. The summed E-state index contributed by atoms with van der Waals surface area (Å²) in [6, 6.07) is 0.504. The zero-order chi connectivity index (χ0) is 13.8. The molecule has 5 nitrogen and oxygen atoms in total. The third kappa shape index (κ3) is 4.14. The Bertz CT molecular complexity index is 271. The molecule has 1 rings (SSSR count). The summed E-state index contributed by atoms with van der Waals surface area (Å²) in [7, 11) is 0. The summed E-state index contributed by atoms with van der Waals surface area (Å²) in [5.41, 5.74) is -0.517.